The summed E-state index contributed by atoms with van der Waals surface area (Å²) in [7, 11) is 0. The number of ether oxygens (including phenoxy) is 1. The summed E-state index contributed by atoms with van der Waals surface area (Å²) in [5, 5.41) is 12.4. The van der Waals surface area contributed by atoms with E-state index >= 15 is 0 Å². The van der Waals surface area contributed by atoms with E-state index in [0.717, 1.165) is 64.4 Å². The van der Waals surface area contributed by atoms with Gasteiger partial charge in [-0.05, 0) is 88.3 Å². The zero-order chi connectivity index (χ0) is 30.7. The highest BCUT2D eigenvalue weighted by atomic mass is 19.3. The molecular weight excluding hydrogens is 580 g/mol. The van der Waals surface area contributed by atoms with Crippen molar-refractivity contribution in [2.24, 2.45) is 17.1 Å². The quantitative estimate of drug-likeness (QED) is 0.408. The van der Waals surface area contributed by atoms with Crippen LogP contribution in [0.1, 0.15) is 86.3 Å². The van der Waals surface area contributed by atoms with Gasteiger partial charge in [0.2, 0.25) is 0 Å². The maximum absolute atomic E-state index is 14.4. The summed E-state index contributed by atoms with van der Waals surface area (Å²) < 4.78 is 37.7. The number of fused-ring (bicyclic) bond motifs is 3. The number of likely N-dealkylation sites (tertiary alicyclic amines) is 1. The molecule has 1 spiro atoms. The zero-order valence-corrected chi connectivity index (χ0v) is 25.7. The molecule has 3 N–H and O–H groups in total. The Morgan fingerprint density at radius 3 is 2.53 bits per heavy atom. The molecule has 5 fully saturated rings. The number of aromatic nitrogens is 5. The Labute approximate surface area is 261 Å². The normalized spacial score (nSPS) is 26.2. The number of halogens is 2. The van der Waals surface area contributed by atoms with Crippen molar-refractivity contribution in [3.8, 4) is 11.3 Å². The van der Waals surface area contributed by atoms with Crippen LogP contribution in [-0.4, -0.2) is 93.2 Å². The lowest BCUT2D eigenvalue weighted by Crippen LogP contribution is -2.42. The molecule has 13 heteroatoms. The molecule has 0 radical (unpaired) electrons. The van der Waals surface area contributed by atoms with Gasteiger partial charge in [0, 0.05) is 38.6 Å². The average Bonchev–Trinajstić information content (AvgIpc) is 3.85. The van der Waals surface area contributed by atoms with Crippen LogP contribution < -0.4 is 16.0 Å². The number of nitrogens with two attached hydrogens (primary N) is 1. The summed E-state index contributed by atoms with van der Waals surface area (Å²) in [5.41, 5.74) is 6.56. The summed E-state index contributed by atoms with van der Waals surface area (Å²) in [6.07, 6.45) is 11.3. The molecule has 2 bridgehead atoms. The number of anilines is 1. The van der Waals surface area contributed by atoms with Gasteiger partial charge in [0.15, 0.2) is 5.65 Å². The van der Waals surface area contributed by atoms with Crippen LogP contribution in [0.25, 0.3) is 16.9 Å². The molecule has 1 saturated carbocycles. The van der Waals surface area contributed by atoms with Crippen LogP contribution in [0.4, 0.5) is 14.6 Å². The molecule has 1 amide bonds. The van der Waals surface area contributed by atoms with Crippen LogP contribution in [-0.2, 0) is 4.74 Å². The van der Waals surface area contributed by atoms with Gasteiger partial charge in [0.05, 0.1) is 30.4 Å². The van der Waals surface area contributed by atoms with Crippen molar-refractivity contribution in [2.75, 3.05) is 50.8 Å². The predicted octanol–water partition coefficient (Wildman–Crippen LogP) is 3.80. The second kappa shape index (κ2) is 11.6. The van der Waals surface area contributed by atoms with Gasteiger partial charge >= 0.3 is 0 Å². The van der Waals surface area contributed by atoms with Crippen molar-refractivity contribution in [3.63, 3.8) is 0 Å². The van der Waals surface area contributed by atoms with Crippen LogP contribution in [0.15, 0.2) is 18.5 Å². The summed E-state index contributed by atoms with van der Waals surface area (Å²) in [6.45, 7) is 6.65. The number of nitrogens with zero attached hydrogens (tertiary/aromatic N) is 7. The topological polar surface area (TPSA) is 119 Å². The molecule has 1 aliphatic carbocycles. The summed E-state index contributed by atoms with van der Waals surface area (Å²) in [4.78, 5) is 22.2. The number of morpholine rings is 1. The van der Waals surface area contributed by atoms with E-state index in [-0.39, 0.29) is 46.3 Å². The van der Waals surface area contributed by atoms with Crippen molar-refractivity contribution in [2.45, 2.75) is 82.4 Å². The maximum atomic E-state index is 14.4. The number of amides is 1. The third-order valence-corrected chi connectivity index (χ3v) is 11.4. The van der Waals surface area contributed by atoms with Gasteiger partial charge in [-0.1, -0.05) is 0 Å². The lowest BCUT2D eigenvalue weighted by molar-refractivity contribution is 0.0779. The Balaban J connectivity index is 0.987. The summed E-state index contributed by atoms with van der Waals surface area (Å²) >= 11 is 0. The first-order valence-electron chi connectivity index (χ1n) is 16.7. The minimum Gasteiger partial charge on any atom is -0.374 e. The lowest BCUT2D eigenvalue weighted by atomic mass is 9.65. The molecule has 3 aromatic rings. The minimum atomic E-state index is -2.83. The van der Waals surface area contributed by atoms with E-state index in [0.29, 0.717) is 17.8 Å². The van der Waals surface area contributed by atoms with E-state index in [9.17, 15) is 13.6 Å². The number of nitrogens with one attached hydrogen (secondary N) is 1. The zero-order valence-electron chi connectivity index (χ0n) is 25.7. The smallest absolute Gasteiger partial charge is 0.282 e. The summed E-state index contributed by atoms with van der Waals surface area (Å²) in [5.74, 6) is 0.683. The molecule has 8 rings (SSSR count). The number of carbonyl (C=O) groups is 1. The molecule has 242 valence electrons. The molecule has 7 heterocycles. The fourth-order valence-electron chi connectivity index (χ4n) is 8.77. The molecule has 4 aliphatic heterocycles. The lowest BCUT2D eigenvalue weighted by Gasteiger charge is -2.44. The standard InChI is InChI=1S/C32H43F2N9O2/c33-29(34)28-24(27-26(30(35)44)31-37-25(5-14-42(31)38-27)41-17-23-15-22(41)19-45-23)18-43(39-28)21-3-12-40(13-4-21)16-20-1-6-32(7-2-20)8-10-36-11-9-32/h5,14,18,20-23,29,36H,1-4,6-13,15-17,19H2,(H2,35,44)/t22-,23-/m1/s1. The second-order valence-corrected chi connectivity index (χ2v) is 14.1. The number of hydrogen-bond acceptors (Lipinski definition) is 8. The summed E-state index contributed by atoms with van der Waals surface area (Å²) in [6, 6.07) is 2.07. The Bertz CT molecular complexity index is 1550. The van der Waals surface area contributed by atoms with Crippen molar-refractivity contribution < 1.29 is 18.3 Å². The molecule has 11 nitrogen and oxygen atoms in total. The highest BCUT2D eigenvalue weighted by molar-refractivity contribution is 6.05. The van der Waals surface area contributed by atoms with E-state index < -0.39 is 12.3 Å². The number of alkyl halides is 2. The predicted molar refractivity (Wildman–Crippen MR) is 164 cm³/mol. The van der Waals surface area contributed by atoms with Gasteiger partial charge < -0.3 is 25.6 Å². The SMILES string of the molecule is NC(=O)c1c(-c2cn(C3CCN(CC4CCC5(CCNCC5)CC4)CC3)nc2C(F)F)nn2ccc(N3C[C@H]4C[C@@H]3CO4)nc12. The van der Waals surface area contributed by atoms with E-state index in [1.807, 2.05) is 6.07 Å². The molecule has 0 aromatic carbocycles. The van der Waals surface area contributed by atoms with E-state index in [4.69, 9.17) is 15.5 Å². The van der Waals surface area contributed by atoms with Gasteiger partial charge in [0.1, 0.15) is 22.8 Å². The first kappa shape index (κ1) is 29.3. The molecule has 0 unspecified atom stereocenters. The number of rotatable bonds is 7. The Morgan fingerprint density at radius 1 is 1.09 bits per heavy atom. The average molecular weight is 624 g/mol. The first-order chi connectivity index (χ1) is 21.9. The number of carbonyl (C=O) groups excluding carboxylic acids is 1. The van der Waals surface area contributed by atoms with Gasteiger partial charge in [0.25, 0.3) is 12.3 Å². The third kappa shape index (κ3) is 5.40. The fourth-order valence-corrected chi connectivity index (χ4v) is 8.77. The van der Waals surface area contributed by atoms with E-state index in [1.165, 1.54) is 43.0 Å². The number of piperidine rings is 2. The van der Waals surface area contributed by atoms with E-state index in [2.05, 4.69) is 25.3 Å². The molecule has 2 atom stereocenters. The highest BCUT2D eigenvalue weighted by Crippen LogP contribution is 2.45. The second-order valence-electron chi connectivity index (χ2n) is 14.1. The molecular formula is C32H43F2N9O2. The highest BCUT2D eigenvalue weighted by Gasteiger charge is 2.40. The van der Waals surface area contributed by atoms with Crippen molar-refractivity contribution >= 4 is 17.4 Å². The largest absolute Gasteiger partial charge is 0.374 e. The van der Waals surface area contributed by atoms with Crippen LogP contribution >= 0.6 is 0 Å². The van der Waals surface area contributed by atoms with Crippen LogP contribution in [0.5, 0.6) is 0 Å². The van der Waals surface area contributed by atoms with Gasteiger partial charge in [-0.15, -0.1) is 0 Å². The van der Waals surface area contributed by atoms with Gasteiger partial charge in [-0.3, -0.25) is 9.48 Å². The van der Waals surface area contributed by atoms with Crippen LogP contribution in [0, 0.1) is 11.3 Å². The fraction of sp³-hybridized carbons (Fsp3) is 0.688. The van der Waals surface area contributed by atoms with Gasteiger partial charge in [-0.2, -0.15) is 10.2 Å². The van der Waals surface area contributed by atoms with Gasteiger partial charge in [-0.25, -0.2) is 18.3 Å². The van der Waals surface area contributed by atoms with E-state index in [1.54, 1.807) is 17.1 Å². The number of hydrogen-bond donors (Lipinski definition) is 2. The Hall–Kier alpha value is -3.16. The third-order valence-electron chi connectivity index (χ3n) is 11.4. The maximum Gasteiger partial charge on any atom is 0.282 e. The number of primary amides is 1. The Kier molecular flexibility index (Phi) is 7.52. The minimum absolute atomic E-state index is 0.00320. The van der Waals surface area contributed by atoms with Crippen molar-refractivity contribution in [1.29, 1.82) is 0 Å². The first-order valence-corrected chi connectivity index (χ1v) is 16.7. The Morgan fingerprint density at radius 2 is 1.87 bits per heavy atom. The molecule has 4 saturated heterocycles. The monoisotopic (exact) mass is 623 g/mol. The molecule has 5 aliphatic rings. The van der Waals surface area contributed by atoms with Crippen LogP contribution in [0.3, 0.4) is 0 Å². The van der Waals surface area contributed by atoms with Crippen LogP contribution in [0.2, 0.25) is 0 Å². The van der Waals surface area contributed by atoms with Crippen molar-refractivity contribution in [3.05, 3.63) is 29.7 Å². The molecule has 45 heavy (non-hydrogen) atoms. The molecule has 3 aromatic heterocycles. The van der Waals surface area contributed by atoms with Crippen molar-refractivity contribution in [1.82, 2.24) is 34.6 Å².